The van der Waals surface area contributed by atoms with Crippen LogP contribution in [0.3, 0.4) is 0 Å². The fraction of sp³-hybridized carbons (Fsp3) is 0.346. The molecule has 1 N–H and O–H groups in total. The highest BCUT2D eigenvalue weighted by Crippen LogP contribution is 2.35. The van der Waals surface area contributed by atoms with Gasteiger partial charge in [0.05, 0.1) is 12.1 Å². The van der Waals surface area contributed by atoms with E-state index in [0.717, 1.165) is 36.0 Å². The Bertz CT molecular complexity index is 1220. The summed E-state index contributed by atoms with van der Waals surface area (Å²) in [6, 6.07) is 18.3. The number of likely N-dealkylation sites (tertiary alicyclic amines) is 1. The van der Waals surface area contributed by atoms with Gasteiger partial charge in [0, 0.05) is 16.8 Å². The van der Waals surface area contributed by atoms with E-state index in [2.05, 4.69) is 39.5 Å². The number of unbranched alkanes of at least 4 members (excludes halogenated alkanes) is 1. The monoisotopic (exact) mass is 432 g/mol. The number of ether oxygens (including phenoxy) is 1. The third-order valence-electron chi connectivity index (χ3n) is 6.39. The molecule has 0 aliphatic carbocycles. The Balaban J connectivity index is 1.05. The summed E-state index contributed by atoms with van der Waals surface area (Å²) in [6.45, 7) is 4.22. The number of nitrogens with zero attached hydrogens (tertiary/aromatic N) is 1. The van der Waals surface area contributed by atoms with Crippen molar-refractivity contribution in [1.82, 2.24) is 9.88 Å². The summed E-state index contributed by atoms with van der Waals surface area (Å²) in [5.74, 6) is 1.51. The van der Waals surface area contributed by atoms with Gasteiger partial charge in [-0.15, -0.1) is 11.3 Å². The Morgan fingerprint density at radius 3 is 2.81 bits per heavy atom. The summed E-state index contributed by atoms with van der Waals surface area (Å²) in [5, 5.41) is 4.69. The maximum absolute atomic E-state index is 11.5. The molecular weight excluding hydrogens is 404 g/mol. The normalized spacial score (nSPS) is 15.6. The highest BCUT2D eigenvalue weighted by molar-refractivity contribution is 7.17. The number of aromatic nitrogens is 1. The molecule has 1 fully saturated rings. The molecule has 1 aliphatic heterocycles. The number of H-pyrrole nitrogens is 1. The lowest BCUT2D eigenvalue weighted by Crippen LogP contribution is -2.33. The van der Waals surface area contributed by atoms with Crippen molar-refractivity contribution in [2.45, 2.75) is 31.6 Å². The summed E-state index contributed by atoms with van der Waals surface area (Å²) in [7, 11) is 0. The number of piperidine rings is 1. The fourth-order valence-electron chi connectivity index (χ4n) is 4.69. The van der Waals surface area contributed by atoms with Crippen LogP contribution in [0.1, 0.15) is 37.2 Å². The predicted molar refractivity (Wildman–Crippen MR) is 130 cm³/mol. The number of rotatable bonds is 7. The van der Waals surface area contributed by atoms with Gasteiger partial charge in [-0.25, -0.2) is 0 Å². The summed E-state index contributed by atoms with van der Waals surface area (Å²) >= 11 is 1.84. The molecule has 5 rings (SSSR count). The molecule has 0 bridgehead atoms. The number of aromatic amines is 1. The smallest absolute Gasteiger partial charge is 0.248 e. The van der Waals surface area contributed by atoms with Crippen molar-refractivity contribution < 1.29 is 4.74 Å². The Labute approximate surface area is 186 Å². The average Bonchev–Trinajstić information content (AvgIpc) is 3.28. The zero-order valence-electron chi connectivity index (χ0n) is 17.7. The molecular formula is C26H28N2O2S. The minimum Gasteiger partial charge on any atom is -0.494 e. The van der Waals surface area contributed by atoms with Crippen molar-refractivity contribution in [3.05, 3.63) is 75.9 Å². The molecule has 2 aromatic heterocycles. The molecule has 0 atom stereocenters. The van der Waals surface area contributed by atoms with Crippen LogP contribution >= 0.6 is 11.3 Å². The third kappa shape index (κ3) is 4.68. The Morgan fingerprint density at radius 1 is 1.03 bits per heavy atom. The molecule has 31 heavy (non-hydrogen) atoms. The van der Waals surface area contributed by atoms with Gasteiger partial charge in [0.25, 0.3) is 0 Å². The van der Waals surface area contributed by atoms with Crippen LogP contribution in [0.5, 0.6) is 5.75 Å². The van der Waals surface area contributed by atoms with Crippen molar-refractivity contribution in [3.63, 3.8) is 0 Å². The summed E-state index contributed by atoms with van der Waals surface area (Å²) in [6.07, 6.45) is 4.69. The van der Waals surface area contributed by atoms with Crippen molar-refractivity contribution in [2.75, 3.05) is 26.2 Å². The Kier molecular flexibility index (Phi) is 6.05. The van der Waals surface area contributed by atoms with Gasteiger partial charge in [-0.1, -0.05) is 12.1 Å². The number of thiophene rings is 1. The molecule has 3 heterocycles. The molecule has 0 spiro atoms. The van der Waals surface area contributed by atoms with Crippen LogP contribution < -0.4 is 10.3 Å². The first-order valence-corrected chi connectivity index (χ1v) is 12.1. The van der Waals surface area contributed by atoms with E-state index in [1.54, 1.807) is 11.6 Å². The third-order valence-corrected chi connectivity index (χ3v) is 7.27. The highest BCUT2D eigenvalue weighted by Gasteiger charge is 2.21. The largest absolute Gasteiger partial charge is 0.494 e. The van der Waals surface area contributed by atoms with Crippen molar-refractivity contribution in [3.8, 4) is 5.75 Å². The van der Waals surface area contributed by atoms with E-state index >= 15 is 0 Å². The van der Waals surface area contributed by atoms with Gasteiger partial charge in [0.15, 0.2) is 0 Å². The molecule has 1 aliphatic rings. The minimum atomic E-state index is -0.0829. The van der Waals surface area contributed by atoms with E-state index in [1.165, 1.54) is 36.0 Å². The zero-order valence-corrected chi connectivity index (χ0v) is 18.5. The molecule has 0 unspecified atom stereocenters. The van der Waals surface area contributed by atoms with Gasteiger partial charge in [0.1, 0.15) is 5.75 Å². The van der Waals surface area contributed by atoms with E-state index in [0.29, 0.717) is 12.5 Å². The van der Waals surface area contributed by atoms with Crippen molar-refractivity contribution >= 4 is 32.3 Å². The molecule has 1 saturated heterocycles. The lowest BCUT2D eigenvalue weighted by Gasteiger charge is -2.32. The standard InChI is InChI=1S/C26H28N2O2S/c29-26-9-7-20-6-8-21(18-24(20)27-26)30-16-2-1-13-28-14-10-19(11-15-28)22-4-3-5-25-23(22)12-17-31-25/h3-9,12,17-19H,1-2,10-11,13-16H2,(H,27,29). The van der Waals surface area contributed by atoms with Gasteiger partial charge in [0.2, 0.25) is 5.56 Å². The first-order chi connectivity index (χ1) is 15.3. The molecule has 4 aromatic rings. The zero-order chi connectivity index (χ0) is 21.0. The van der Waals surface area contributed by atoms with Crippen LogP contribution in [0.25, 0.3) is 21.0 Å². The van der Waals surface area contributed by atoms with E-state index < -0.39 is 0 Å². The molecule has 2 aromatic carbocycles. The summed E-state index contributed by atoms with van der Waals surface area (Å²) < 4.78 is 7.33. The molecule has 0 radical (unpaired) electrons. The number of fused-ring (bicyclic) bond motifs is 2. The predicted octanol–water partition coefficient (Wildman–Crippen LogP) is 5.78. The number of hydrogen-bond acceptors (Lipinski definition) is 4. The van der Waals surface area contributed by atoms with E-state index in [-0.39, 0.29) is 5.56 Å². The SMILES string of the molecule is O=c1ccc2ccc(OCCCCN3CCC(c4cccc5sccc45)CC3)cc2[nH]1. The van der Waals surface area contributed by atoms with Crippen LogP contribution in [0.15, 0.2) is 64.8 Å². The molecule has 160 valence electrons. The second-order valence-corrected chi connectivity index (χ2v) is 9.37. The molecule has 5 heteroatoms. The van der Waals surface area contributed by atoms with Crippen molar-refractivity contribution in [1.29, 1.82) is 0 Å². The van der Waals surface area contributed by atoms with Gasteiger partial charge in [-0.05, 0) is 103 Å². The van der Waals surface area contributed by atoms with Crippen LogP contribution in [-0.4, -0.2) is 36.1 Å². The fourth-order valence-corrected chi connectivity index (χ4v) is 5.51. The second-order valence-electron chi connectivity index (χ2n) is 8.42. The lowest BCUT2D eigenvalue weighted by molar-refractivity contribution is 0.202. The van der Waals surface area contributed by atoms with Gasteiger partial charge in [-0.2, -0.15) is 0 Å². The Hall–Kier alpha value is -2.63. The van der Waals surface area contributed by atoms with Crippen molar-refractivity contribution in [2.24, 2.45) is 0 Å². The first-order valence-electron chi connectivity index (χ1n) is 11.2. The number of nitrogens with one attached hydrogen (secondary N) is 1. The summed E-state index contributed by atoms with van der Waals surface area (Å²) in [4.78, 5) is 16.9. The minimum absolute atomic E-state index is 0.0829. The first kappa shape index (κ1) is 20.3. The van der Waals surface area contributed by atoms with Crippen LogP contribution in [0, 0.1) is 0 Å². The quantitative estimate of drug-likeness (QED) is 0.377. The maximum atomic E-state index is 11.5. The highest BCUT2D eigenvalue weighted by atomic mass is 32.1. The van der Waals surface area contributed by atoms with E-state index in [9.17, 15) is 4.79 Å². The van der Waals surface area contributed by atoms with Crippen LogP contribution in [0.4, 0.5) is 0 Å². The molecule has 0 saturated carbocycles. The topological polar surface area (TPSA) is 45.3 Å². The van der Waals surface area contributed by atoms with Crippen LogP contribution in [0.2, 0.25) is 0 Å². The van der Waals surface area contributed by atoms with Gasteiger partial charge >= 0.3 is 0 Å². The van der Waals surface area contributed by atoms with Gasteiger partial charge in [-0.3, -0.25) is 4.79 Å². The molecule has 4 nitrogen and oxygen atoms in total. The average molecular weight is 433 g/mol. The maximum Gasteiger partial charge on any atom is 0.248 e. The number of benzene rings is 2. The summed E-state index contributed by atoms with van der Waals surface area (Å²) in [5.41, 5.74) is 2.29. The van der Waals surface area contributed by atoms with E-state index in [4.69, 9.17) is 4.74 Å². The number of pyridine rings is 1. The molecule has 0 amide bonds. The number of hydrogen-bond donors (Lipinski definition) is 1. The van der Waals surface area contributed by atoms with E-state index in [1.807, 2.05) is 35.6 Å². The second kappa shape index (κ2) is 9.25. The lowest BCUT2D eigenvalue weighted by atomic mass is 9.87. The van der Waals surface area contributed by atoms with Gasteiger partial charge < -0.3 is 14.6 Å². The van der Waals surface area contributed by atoms with Crippen LogP contribution in [-0.2, 0) is 0 Å². The Morgan fingerprint density at radius 2 is 1.90 bits per heavy atom.